The van der Waals surface area contributed by atoms with Gasteiger partial charge in [0.1, 0.15) is 0 Å². The molecule has 0 saturated carbocycles. The summed E-state index contributed by atoms with van der Waals surface area (Å²) in [5.74, 6) is -0.689. The fourth-order valence-corrected chi connectivity index (χ4v) is 1.96. The molecule has 0 aromatic carbocycles. The van der Waals surface area contributed by atoms with Crippen LogP contribution in [0.5, 0.6) is 0 Å². The Bertz CT molecular complexity index is 228. The molecule has 2 N–H and O–H groups in total. The van der Waals surface area contributed by atoms with E-state index in [1.54, 1.807) is 0 Å². The highest BCUT2D eigenvalue weighted by Gasteiger charge is 2.50. The minimum Gasteiger partial charge on any atom is -0.394 e. The second kappa shape index (κ2) is 4.01. The van der Waals surface area contributed by atoms with Gasteiger partial charge in [0.2, 0.25) is 0 Å². The molecular formula is C11H23NO3. The van der Waals surface area contributed by atoms with Crippen LogP contribution in [0.1, 0.15) is 34.6 Å². The number of nitrogens with one attached hydrogen (secondary N) is 1. The van der Waals surface area contributed by atoms with E-state index >= 15 is 0 Å². The van der Waals surface area contributed by atoms with Crippen LogP contribution in [-0.4, -0.2) is 41.8 Å². The molecule has 1 saturated heterocycles. The predicted molar refractivity (Wildman–Crippen MR) is 58.7 cm³/mol. The molecule has 0 spiro atoms. The van der Waals surface area contributed by atoms with E-state index in [1.165, 1.54) is 0 Å². The first kappa shape index (κ1) is 12.9. The summed E-state index contributed by atoms with van der Waals surface area (Å²) < 4.78 is 11.4. The van der Waals surface area contributed by atoms with Crippen molar-refractivity contribution in [1.82, 2.24) is 5.32 Å². The molecular weight excluding hydrogens is 194 g/mol. The second-order valence-corrected chi connectivity index (χ2v) is 5.44. The van der Waals surface area contributed by atoms with Gasteiger partial charge in [-0.25, -0.2) is 0 Å². The van der Waals surface area contributed by atoms with Gasteiger partial charge in [0.15, 0.2) is 5.79 Å². The van der Waals surface area contributed by atoms with Gasteiger partial charge in [-0.05, 0) is 34.6 Å². The number of aliphatic hydroxyl groups is 1. The lowest BCUT2D eigenvalue weighted by atomic mass is 9.87. The van der Waals surface area contributed by atoms with Gasteiger partial charge >= 0.3 is 0 Å². The zero-order valence-corrected chi connectivity index (χ0v) is 10.4. The van der Waals surface area contributed by atoms with Crippen LogP contribution in [0.25, 0.3) is 0 Å². The smallest absolute Gasteiger partial charge is 0.183 e. The maximum Gasteiger partial charge on any atom is 0.183 e. The molecule has 0 aromatic heterocycles. The highest BCUT2D eigenvalue weighted by molar-refractivity contribution is 5.01. The van der Waals surface area contributed by atoms with Crippen molar-refractivity contribution in [3.05, 3.63) is 0 Å². The van der Waals surface area contributed by atoms with Crippen molar-refractivity contribution in [3.8, 4) is 0 Å². The molecule has 1 atom stereocenters. The lowest BCUT2D eigenvalue weighted by Gasteiger charge is -2.53. The first-order chi connectivity index (χ1) is 6.72. The van der Waals surface area contributed by atoms with Gasteiger partial charge in [-0.15, -0.1) is 0 Å². The van der Waals surface area contributed by atoms with Crippen LogP contribution >= 0.6 is 0 Å². The Morgan fingerprint density at radius 1 is 1.27 bits per heavy atom. The van der Waals surface area contributed by atoms with E-state index in [1.807, 2.05) is 20.8 Å². The third-order valence-corrected chi connectivity index (χ3v) is 2.96. The highest BCUT2D eigenvalue weighted by Crippen LogP contribution is 2.34. The summed E-state index contributed by atoms with van der Waals surface area (Å²) in [5, 5.41) is 12.3. The summed E-state index contributed by atoms with van der Waals surface area (Å²) >= 11 is 0. The van der Waals surface area contributed by atoms with Crippen molar-refractivity contribution < 1.29 is 14.6 Å². The lowest BCUT2D eigenvalue weighted by Crippen LogP contribution is -2.71. The minimum atomic E-state index is -0.689. The highest BCUT2D eigenvalue weighted by atomic mass is 16.7. The van der Waals surface area contributed by atoms with E-state index in [0.717, 1.165) is 0 Å². The number of hydrogen-bond donors (Lipinski definition) is 2. The summed E-state index contributed by atoms with van der Waals surface area (Å²) in [7, 11) is 0. The molecule has 0 radical (unpaired) electrons. The van der Waals surface area contributed by atoms with E-state index in [9.17, 15) is 0 Å². The molecule has 1 heterocycles. The molecule has 15 heavy (non-hydrogen) atoms. The van der Waals surface area contributed by atoms with E-state index in [0.29, 0.717) is 13.2 Å². The third-order valence-electron chi connectivity index (χ3n) is 2.96. The van der Waals surface area contributed by atoms with Gasteiger partial charge in [-0.2, -0.15) is 0 Å². The molecule has 0 aliphatic carbocycles. The molecule has 1 aliphatic rings. The molecule has 1 fully saturated rings. The topological polar surface area (TPSA) is 50.7 Å². The van der Waals surface area contributed by atoms with Crippen LogP contribution < -0.4 is 5.32 Å². The van der Waals surface area contributed by atoms with E-state index < -0.39 is 5.79 Å². The van der Waals surface area contributed by atoms with Crippen molar-refractivity contribution in [2.24, 2.45) is 0 Å². The van der Waals surface area contributed by atoms with Gasteiger partial charge in [0.05, 0.1) is 25.4 Å². The van der Waals surface area contributed by atoms with Crippen LogP contribution in [0.3, 0.4) is 0 Å². The Hall–Kier alpha value is -0.160. The lowest BCUT2D eigenvalue weighted by molar-refractivity contribution is -0.296. The fourth-order valence-electron chi connectivity index (χ4n) is 1.96. The standard InChI is InChI=1S/C11H23NO3/c1-9(2)8-15-11(5,14-7-6-13)10(3,4)12-9/h12-13H,6-8H2,1-5H3. The maximum absolute atomic E-state index is 8.78. The number of morpholine rings is 1. The second-order valence-electron chi connectivity index (χ2n) is 5.44. The van der Waals surface area contributed by atoms with Gasteiger partial charge in [0, 0.05) is 5.54 Å². The summed E-state index contributed by atoms with van der Waals surface area (Å²) in [5.41, 5.74) is -0.338. The molecule has 4 heteroatoms. The molecule has 1 rings (SSSR count). The third kappa shape index (κ3) is 2.69. The molecule has 1 aliphatic heterocycles. The fraction of sp³-hybridized carbons (Fsp3) is 1.00. The van der Waals surface area contributed by atoms with Crippen molar-refractivity contribution in [3.63, 3.8) is 0 Å². The minimum absolute atomic E-state index is 0.0123. The Balaban J connectivity index is 2.74. The Labute approximate surface area is 92.0 Å². The number of rotatable bonds is 3. The summed E-state index contributed by atoms with van der Waals surface area (Å²) in [4.78, 5) is 0. The van der Waals surface area contributed by atoms with E-state index in [-0.39, 0.29) is 17.7 Å². The molecule has 0 bridgehead atoms. The van der Waals surface area contributed by atoms with Crippen LogP contribution in [0.4, 0.5) is 0 Å². The van der Waals surface area contributed by atoms with Crippen molar-refractivity contribution in [2.45, 2.75) is 51.5 Å². The SMILES string of the molecule is CC1(C)COC(C)(OCCO)C(C)(C)N1. The zero-order valence-electron chi connectivity index (χ0n) is 10.4. The Morgan fingerprint density at radius 3 is 2.33 bits per heavy atom. The summed E-state index contributed by atoms with van der Waals surface area (Å²) in [6.45, 7) is 11.1. The van der Waals surface area contributed by atoms with Crippen molar-refractivity contribution in [1.29, 1.82) is 0 Å². The maximum atomic E-state index is 8.78. The number of aliphatic hydroxyl groups excluding tert-OH is 1. The van der Waals surface area contributed by atoms with Crippen molar-refractivity contribution in [2.75, 3.05) is 19.8 Å². The molecule has 4 nitrogen and oxygen atoms in total. The Morgan fingerprint density at radius 2 is 1.87 bits per heavy atom. The Kier molecular flexibility index (Phi) is 3.45. The molecule has 0 amide bonds. The van der Waals surface area contributed by atoms with Crippen LogP contribution in [0.15, 0.2) is 0 Å². The monoisotopic (exact) mass is 217 g/mol. The molecule has 1 unspecified atom stereocenters. The van der Waals surface area contributed by atoms with Crippen LogP contribution in [-0.2, 0) is 9.47 Å². The zero-order chi connectivity index (χ0) is 11.7. The van der Waals surface area contributed by atoms with Gasteiger partial charge in [-0.1, -0.05) is 0 Å². The normalized spacial score (nSPS) is 34.0. The van der Waals surface area contributed by atoms with Gasteiger partial charge < -0.3 is 14.6 Å². The number of ether oxygens (including phenoxy) is 2. The average Bonchev–Trinajstić information content (AvgIpc) is 2.08. The first-order valence-electron chi connectivity index (χ1n) is 5.41. The number of hydrogen-bond acceptors (Lipinski definition) is 4. The molecule has 0 aromatic rings. The largest absolute Gasteiger partial charge is 0.394 e. The van der Waals surface area contributed by atoms with Gasteiger partial charge in [0.25, 0.3) is 0 Å². The predicted octanol–water partition coefficient (Wildman–Crippen LogP) is 0.888. The molecule has 90 valence electrons. The summed E-state index contributed by atoms with van der Waals surface area (Å²) in [6, 6.07) is 0. The van der Waals surface area contributed by atoms with Crippen LogP contribution in [0.2, 0.25) is 0 Å². The first-order valence-corrected chi connectivity index (χ1v) is 5.41. The van der Waals surface area contributed by atoms with Gasteiger partial charge in [-0.3, -0.25) is 5.32 Å². The quantitative estimate of drug-likeness (QED) is 0.737. The van der Waals surface area contributed by atoms with Crippen molar-refractivity contribution >= 4 is 0 Å². The van der Waals surface area contributed by atoms with E-state index in [4.69, 9.17) is 14.6 Å². The summed E-state index contributed by atoms with van der Waals surface area (Å²) in [6.07, 6.45) is 0. The van der Waals surface area contributed by atoms with E-state index in [2.05, 4.69) is 19.2 Å². The average molecular weight is 217 g/mol. The van der Waals surface area contributed by atoms with Crippen LogP contribution in [0, 0.1) is 0 Å².